The van der Waals surface area contributed by atoms with Crippen LogP contribution in [0, 0.1) is 0 Å². The van der Waals surface area contributed by atoms with Crippen molar-refractivity contribution in [3.63, 3.8) is 0 Å². The summed E-state index contributed by atoms with van der Waals surface area (Å²) in [7, 11) is 1.96. The lowest BCUT2D eigenvalue weighted by atomic mass is 10.1. The highest BCUT2D eigenvalue weighted by Gasteiger charge is 2.17. The first-order valence-electron chi connectivity index (χ1n) is 7.05. The molecule has 1 heterocycles. The first kappa shape index (κ1) is 14.1. The molecule has 0 atom stereocenters. The molecule has 2 rings (SSSR count). The fraction of sp³-hybridized carbons (Fsp3) is 0.500. The highest BCUT2D eigenvalue weighted by Crippen LogP contribution is 2.27. The minimum absolute atomic E-state index is 0.543. The molecule has 3 heteroatoms. The minimum Gasteiger partial charge on any atom is -0.459 e. The maximum absolute atomic E-state index is 5.98. The largest absolute Gasteiger partial charge is 0.459 e. The van der Waals surface area contributed by atoms with Crippen molar-refractivity contribution < 1.29 is 4.42 Å². The third-order valence-corrected chi connectivity index (χ3v) is 3.62. The minimum atomic E-state index is 0.543. The van der Waals surface area contributed by atoms with Crippen molar-refractivity contribution in [2.45, 2.75) is 39.9 Å². The zero-order valence-electron chi connectivity index (χ0n) is 12.4. The molecule has 1 aromatic carbocycles. The highest BCUT2D eigenvalue weighted by molar-refractivity contribution is 5.82. The maximum Gasteiger partial charge on any atom is 0.134 e. The van der Waals surface area contributed by atoms with Crippen molar-refractivity contribution in [3.05, 3.63) is 35.6 Å². The lowest BCUT2D eigenvalue weighted by Crippen LogP contribution is -2.30. The van der Waals surface area contributed by atoms with E-state index in [1.807, 2.05) is 19.2 Å². The first-order valence-corrected chi connectivity index (χ1v) is 7.05. The van der Waals surface area contributed by atoms with E-state index in [2.05, 4.69) is 43.1 Å². The van der Waals surface area contributed by atoms with Gasteiger partial charge in [0.2, 0.25) is 0 Å². The van der Waals surface area contributed by atoms with E-state index in [0.29, 0.717) is 6.04 Å². The van der Waals surface area contributed by atoms with Crippen LogP contribution in [0.3, 0.4) is 0 Å². The summed E-state index contributed by atoms with van der Waals surface area (Å²) in [6.45, 7) is 9.46. The summed E-state index contributed by atoms with van der Waals surface area (Å²) >= 11 is 0. The van der Waals surface area contributed by atoms with Gasteiger partial charge in [0.1, 0.15) is 11.3 Å². The fourth-order valence-electron chi connectivity index (χ4n) is 2.49. The molecule has 0 saturated heterocycles. The number of fused-ring (bicyclic) bond motifs is 1. The van der Waals surface area contributed by atoms with Crippen LogP contribution in [0.5, 0.6) is 0 Å². The van der Waals surface area contributed by atoms with Crippen molar-refractivity contribution >= 4 is 11.0 Å². The van der Waals surface area contributed by atoms with Gasteiger partial charge in [-0.1, -0.05) is 25.1 Å². The number of rotatable bonds is 6. The van der Waals surface area contributed by atoms with E-state index in [1.165, 1.54) is 10.9 Å². The second-order valence-electron chi connectivity index (χ2n) is 5.19. The second kappa shape index (κ2) is 6.22. The van der Waals surface area contributed by atoms with Gasteiger partial charge in [0.25, 0.3) is 0 Å². The molecule has 0 bridgehead atoms. The van der Waals surface area contributed by atoms with Crippen LogP contribution < -0.4 is 5.32 Å². The van der Waals surface area contributed by atoms with Gasteiger partial charge >= 0.3 is 0 Å². The van der Waals surface area contributed by atoms with Crippen LogP contribution in [0.1, 0.15) is 32.1 Å². The summed E-state index contributed by atoms with van der Waals surface area (Å²) in [4.78, 5) is 2.45. The Morgan fingerprint density at radius 3 is 2.63 bits per heavy atom. The molecule has 1 aromatic heterocycles. The predicted octanol–water partition coefficient (Wildman–Crippen LogP) is 3.38. The molecule has 0 unspecified atom stereocenters. The summed E-state index contributed by atoms with van der Waals surface area (Å²) < 4.78 is 5.98. The molecule has 2 aromatic rings. The smallest absolute Gasteiger partial charge is 0.134 e. The van der Waals surface area contributed by atoms with Gasteiger partial charge in [0, 0.05) is 23.5 Å². The lowest BCUT2D eigenvalue weighted by molar-refractivity contribution is 0.224. The van der Waals surface area contributed by atoms with Crippen molar-refractivity contribution in [1.29, 1.82) is 0 Å². The van der Waals surface area contributed by atoms with E-state index in [4.69, 9.17) is 4.42 Å². The quantitative estimate of drug-likeness (QED) is 0.863. The summed E-state index contributed by atoms with van der Waals surface area (Å²) in [5, 5.41) is 4.44. The number of benzene rings is 1. The standard InChI is InChI=1S/C16H24N2O/c1-5-18(12(2)3)11-14-13-8-6-7-9-15(13)19-16(14)10-17-4/h6-9,12,17H,5,10-11H2,1-4H3. The van der Waals surface area contributed by atoms with Crippen LogP contribution in [-0.4, -0.2) is 24.5 Å². The maximum atomic E-state index is 5.98. The van der Waals surface area contributed by atoms with E-state index < -0.39 is 0 Å². The van der Waals surface area contributed by atoms with Crippen LogP contribution in [0.2, 0.25) is 0 Å². The van der Waals surface area contributed by atoms with Crippen molar-refractivity contribution in [2.24, 2.45) is 0 Å². The summed E-state index contributed by atoms with van der Waals surface area (Å²) in [6, 6.07) is 8.85. The topological polar surface area (TPSA) is 28.4 Å². The van der Waals surface area contributed by atoms with Crippen molar-refractivity contribution in [3.8, 4) is 0 Å². The summed E-state index contributed by atoms with van der Waals surface area (Å²) in [5.41, 5.74) is 2.31. The van der Waals surface area contributed by atoms with Gasteiger partial charge in [-0.25, -0.2) is 0 Å². The molecular weight excluding hydrogens is 236 g/mol. The van der Waals surface area contributed by atoms with E-state index in [-0.39, 0.29) is 0 Å². The average Bonchev–Trinajstić information content (AvgIpc) is 2.73. The fourth-order valence-corrected chi connectivity index (χ4v) is 2.49. The molecule has 0 aliphatic heterocycles. The number of para-hydroxylation sites is 1. The normalized spacial score (nSPS) is 11.9. The van der Waals surface area contributed by atoms with Gasteiger partial charge in [-0.15, -0.1) is 0 Å². The highest BCUT2D eigenvalue weighted by atomic mass is 16.3. The molecule has 104 valence electrons. The number of furan rings is 1. The zero-order chi connectivity index (χ0) is 13.8. The predicted molar refractivity (Wildman–Crippen MR) is 80.2 cm³/mol. The van der Waals surface area contributed by atoms with Crippen LogP contribution in [-0.2, 0) is 13.1 Å². The van der Waals surface area contributed by atoms with Crippen LogP contribution >= 0.6 is 0 Å². The van der Waals surface area contributed by atoms with Crippen LogP contribution in [0.4, 0.5) is 0 Å². The van der Waals surface area contributed by atoms with Gasteiger partial charge in [-0.3, -0.25) is 4.90 Å². The SMILES string of the molecule is CCN(Cc1c(CNC)oc2ccccc12)C(C)C. The lowest BCUT2D eigenvalue weighted by Gasteiger charge is -2.24. The monoisotopic (exact) mass is 260 g/mol. The van der Waals surface area contributed by atoms with Gasteiger partial charge in [-0.05, 0) is 33.5 Å². The molecule has 0 spiro atoms. The summed E-state index contributed by atoms with van der Waals surface area (Å²) in [6.07, 6.45) is 0. The van der Waals surface area contributed by atoms with E-state index >= 15 is 0 Å². The molecule has 0 saturated carbocycles. The molecular formula is C16H24N2O. The Bertz CT molecular complexity index is 531. The Balaban J connectivity index is 2.40. The van der Waals surface area contributed by atoms with Gasteiger partial charge < -0.3 is 9.73 Å². The third kappa shape index (κ3) is 2.99. The Labute approximate surface area is 115 Å². The Kier molecular flexibility index (Phi) is 4.61. The number of nitrogens with one attached hydrogen (secondary N) is 1. The van der Waals surface area contributed by atoms with Gasteiger partial charge in [-0.2, -0.15) is 0 Å². The van der Waals surface area contributed by atoms with Crippen molar-refractivity contribution in [1.82, 2.24) is 10.2 Å². The Morgan fingerprint density at radius 2 is 2.00 bits per heavy atom. The Morgan fingerprint density at radius 1 is 1.26 bits per heavy atom. The summed E-state index contributed by atoms with van der Waals surface area (Å²) in [5.74, 6) is 1.06. The molecule has 1 N–H and O–H groups in total. The molecule has 0 amide bonds. The van der Waals surface area contributed by atoms with Crippen LogP contribution in [0.15, 0.2) is 28.7 Å². The van der Waals surface area contributed by atoms with Crippen molar-refractivity contribution in [2.75, 3.05) is 13.6 Å². The number of hydrogen-bond donors (Lipinski definition) is 1. The molecule has 0 aliphatic rings. The second-order valence-corrected chi connectivity index (χ2v) is 5.19. The number of hydrogen-bond acceptors (Lipinski definition) is 3. The molecule has 19 heavy (non-hydrogen) atoms. The Hall–Kier alpha value is -1.32. The molecule has 0 aliphatic carbocycles. The zero-order valence-corrected chi connectivity index (χ0v) is 12.4. The molecule has 0 radical (unpaired) electrons. The van der Waals surface area contributed by atoms with Crippen LogP contribution in [0.25, 0.3) is 11.0 Å². The number of nitrogens with zero attached hydrogens (tertiary/aromatic N) is 1. The molecule has 0 fully saturated rings. The van der Waals surface area contributed by atoms with E-state index in [1.54, 1.807) is 0 Å². The molecule has 3 nitrogen and oxygen atoms in total. The third-order valence-electron chi connectivity index (χ3n) is 3.62. The van der Waals surface area contributed by atoms with E-state index in [9.17, 15) is 0 Å². The van der Waals surface area contributed by atoms with Gasteiger partial charge in [0.05, 0.1) is 6.54 Å². The first-order chi connectivity index (χ1) is 9.17. The average molecular weight is 260 g/mol. The van der Waals surface area contributed by atoms with Gasteiger partial charge in [0.15, 0.2) is 0 Å². The van der Waals surface area contributed by atoms with E-state index in [0.717, 1.165) is 31.0 Å².